The first kappa shape index (κ1) is 13.7. The van der Waals surface area contributed by atoms with Gasteiger partial charge in [-0.1, -0.05) is 25.4 Å². The van der Waals surface area contributed by atoms with Gasteiger partial charge in [0.2, 0.25) is 0 Å². The molecule has 90 valence electrons. The van der Waals surface area contributed by atoms with Gasteiger partial charge in [-0.05, 0) is 40.9 Å². The number of ether oxygens (including phenoxy) is 1. The second-order valence-electron chi connectivity index (χ2n) is 3.63. The van der Waals surface area contributed by atoms with Gasteiger partial charge in [0, 0.05) is 11.1 Å². The van der Waals surface area contributed by atoms with Gasteiger partial charge in [0.15, 0.2) is 5.75 Å². The van der Waals surface area contributed by atoms with Gasteiger partial charge in [-0.25, -0.2) is 0 Å². The Morgan fingerprint density at radius 3 is 2.50 bits per heavy atom. The van der Waals surface area contributed by atoms with Crippen molar-refractivity contribution in [1.82, 2.24) is 0 Å². The number of hydrogen-bond donors (Lipinski definition) is 1. The highest BCUT2D eigenvalue weighted by molar-refractivity contribution is 9.10. The molecule has 0 atom stereocenters. The van der Waals surface area contributed by atoms with Gasteiger partial charge in [0.05, 0.1) is 17.3 Å². The summed E-state index contributed by atoms with van der Waals surface area (Å²) in [6.45, 7) is 4.32. The minimum Gasteiger partial charge on any atom is -0.493 e. The van der Waals surface area contributed by atoms with Crippen molar-refractivity contribution in [1.29, 1.82) is 0 Å². The summed E-state index contributed by atoms with van der Waals surface area (Å²) < 4.78 is 6.22. The van der Waals surface area contributed by atoms with E-state index in [1.165, 1.54) is 0 Å². The van der Waals surface area contributed by atoms with E-state index in [9.17, 15) is 0 Å². The van der Waals surface area contributed by atoms with Crippen molar-refractivity contribution in [2.75, 3.05) is 12.4 Å². The number of rotatable bonds is 5. The number of halogens is 2. The normalized spacial score (nSPS) is 10.6. The summed E-state index contributed by atoms with van der Waals surface area (Å²) in [5, 5.41) is 4.14. The molecule has 16 heavy (non-hydrogen) atoms. The summed E-state index contributed by atoms with van der Waals surface area (Å²) in [7, 11) is 1.66. The molecule has 1 aromatic carbocycles. The molecule has 0 fully saturated rings. The summed E-state index contributed by atoms with van der Waals surface area (Å²) in [6, 6.07) is 4.17. The zero-order chi connectivity index (χ0) is 12.1. The lowest BCUT2D eigenvalue weighted by atomic mass is 10.1. The Morgan fingerprint density at radius 2 is 2.00 bits per heavy atom. The lowest BCUT2D eigenvalue weighted by Crippen LogP contribution is -2.17. The SMILES string of the molecule is CCC(CC)Nc1cc(Cl)cc(Br)c1OC. The lowest BCUT2D eigenvalue weighted by Gasteiger charge is -2.19. The molecule has 1 rings (SSSR count). The number of benzene rings is 1. The Balaban J connectivity index is 3.01. The van der Waals surface area contributed by atoms with Gasteiger partial charge in [0.1, 0.15) is 0 Å². The highest BCUT2D eigenvalue weighted by Gasteiger charge is 2.12. The lowest BCUT2D eigenvalue weighted by molar-refractivity contribution is 0.413. The Kier molecular flexibility index (Phi) is 5.42. The summed E-state index contributed by atoms with van der Waals surface area (Å²) in [5.41, 5.74) is 0.940. The Bertz CT molecular complexity index is 353. The molecular weight excluding hydrogens is 289 g/mol. The van der Waals surface area contributed by atoms with Crippen LogP contribution in [0.2, 0.25) is 5.02 Å². The number of anilines is 1. The van der Waals surface area contributed by atoms with E-state index in [0.717, 1.165) is 28.8 Å². The van der Waals surface area contributed by atoms with E-state index in [4.69, 9.17) is 16.3 Å². The molecule has 0 aliphatic heterocycles. The smallest absolute Gasteiger partial charge is 0.156 e. The molecule has 0 amide bonds. The van der Waals surface area contributed by atoms with E-state index in [-0.39, 0.29) is 0 Å². The molecule has 0 saturated carbocycles. The number of methoxy groups -OCH3 is 1. The maximum Gasteiger partial charge on any atom is 0.156 e. The van der Waals surface area contributed by atoms with Crippen LogP contribution >= 0.6 is 27.5 Å². The van der Waals surface area contributed by atoms with Crippen LogP contribution in [0.1, 0.15) is 26.7 Å². The van der Waals surface area contributed by atoms with Crippen LogP contribution in [0.3, 0.4) is 0 Å². The average Bonchev–Trinajstić information content (AvgIpc) is 2.25. The average molecular weight is 307 g/mol. The summed E-state index contributed by atoms with van der Waals surface area (Å²) >= 11 is 9.47. The predicted molar refractivity (Wildman–Crippen MR) is 73.7 cm³/mol. The fraction of sp³-hybridized carbons (Fsp3) is 0.500. The maximum absolute atomic E-state index is 6.02. The zero-order valence-corrected chi connectivity index (χ0v) is 12.2. The molecule has 0 unspecified atom stereocenters. The second kappa shape index (κ2) is 6.36. The first-order valence-electron chi connectivity index (χ1n) is 5.41. The Labute approximate surface area is 110 Å². The van der Waals surface area contributed by atoms with Gasteiger partial charge in [-0.15, -0.1) is 0 Å². The highest BCUT2D eigenvalue weighted by Crippen LogP contribution is 2.36. The van der Waals surface area contributed by atoms with Crippen LogP contribution in [0, 0.1) is 0 Å². The van der Waals surface area contributed by atoms with Crippen LogP contribution in [0.25, 0.3) is 0 Å². The molecule has 0 bridgehead atoms. The van der Waals surface area contributed by atoms with E-state index in [1.54, 1.807) is 7.11 Å². The zero-order valence-electron chi connectivity index (χ0n) is 9.81. The van der Waals surface area contributed by atoms with Crippen LogP contribution < -0.4 is 10.1 Å². The van der Waals surface area contributed by atoms with E-state index in [1.807, 2.05) is 12.1 Å². The van der Waals surface area contributed by atoms with Crippen LogP contribution in [-0.4, -0.2) is 13.2 Å². The molecule has 4 heteroatoms. The molecule has 0 aliphatic rings. The third-order valence-corrected chi connectivity index (χ3v) is 3.36. The van der Waals surface area contributed by atoms with Gasteiger partial charge >= 0.3 is 0 Å². The monoisotopic (exact) mass is 305 g/mol. The number of nitrogens with one attached hydrogen (secondary N) is 1. The third-order valence-electron chi connectivity index (χ3n) is 2.56. The molecule has 0 radical (unpaired) electrons. The van der Waals surface area contributed by atoms with E-state index in [0.29, 0.717) is 11.1 Å². The maximum atomic E-state index is 6.02. The molecule has 1 aromatic rings. The quantitative estimate of drug-likeness (QED) is 0.850. The first-order chi connectivity index (χ1) is 7.62. The fourth-order valence-corrected chi connectivity index (χ4v) is 2.56. The van der Waals surface area contributed by atoms with Crippen molar-refractivity contribution in [3.8, 4) is 5.75 Å². The number of hydrogen-bond acceptors (Lipinski definition) is 2. The third kappa shape index (κ3) is 3.29. The summed E-state index contributed by atoms with van der Waals surface area (Å²) in [4.78, 5) is 0. The molecule has 0 aliphatic carbocycles. The topological polar surface area (TPSA) is 21.3 Å². The highest BCUT2D eigenvalue weighted by atomic mass is 79.9. The van der Waals surface area contributed by atoms with E-state index < -0.39 is 0 Å². The molecule has 0 aromatic heterocycles. The van der Waals surface area contributed by atoms with Crippen molar-refractivity contribution >= 4 is 33.2 Å². The van der Waals surface area contributed by atoms with Crippen molar-refractivity contribution in [2.45, 2.75) is 32.7 Å². The minimum absolute atomic E-state index is 0.444. The second-order valence-corrected chi connectivity index (χ2v) is 4.92. The van der Waals surface area contributed by atoms with Gasteiger partial charge in [-0.3, -0.25) is 0 Å². The van der Waals surface area contributed by atoms with Gasteiger partial charge in [-0.2, -0.15) is 0 Å². The standard InChI is InChI=1S/C12H17BrClNO/c1-4-9(5-2)15-11-7-8(14)6-10(13)12(11)16-3/h6-7,9,15H,4-5H2,1-3H3. The molecule has 0 heterocycles. The van der Waals surface area contributed by atoms with E-state index in [2.05, 4.69) is 35.1 Å². The minimum atomic E-state index is 0.444. The molecular formula is C12H17BrClNO. The van der Waals surface area contributed by atoms with Crippen molar-refractivity contribution in [2.24, 2.45) is 0 Å². The van der Waals surface area contributed by atoms with Crippen LogP contribution in [0.5, 0.6) is 5.75 Å². The van der Waals surface area contributed by atoms with Gasteiger partial charge < -0.3 is 10.1 Å². The first-order valence-corrected chi connectivity index (χ1v) is 6.59. The van der Waals surface area contributed by atoms with Crippen LogP contribution in [-0.2, 0) is 0 Å². The van der Waals surface area contributed by atoms with Crippen LogP contribution in [0.15, 0.2) is 16.6 Å². The molecule has 0 spiro atoms. The Hall–Kier alpha value is -0.410. The molecule has 1 N–H and O–H groups in total. The van der Waals surface area contributed by atoms with Crippen molar-refractivity contribution < 1.29 is 4.74 Å². The van der Waals surface area contributed by atoms with E-state index >= 15 is 0 Å². The van der Waals surface area contributed by atoms with Crippen molar-refractivity contribution in [3.63, 3.8) is 0 Å². The molecule has 2 nitrogen and oxygen atoms in total. The van der Waals surface area contributed by atoms with Crippen LogP contribution in [0.4, 0.5) is 5.69 Å². The fourth-order valence-electron chi connectivity index (χ4n) is 1.59. The van der Waals surface area contributed by atoms with Gasteiger partial charge in [0.25, 0.3) is 0 Å². The Morgan fingerprint density at radius 1 is 1.38 bits per heavy atom. The predicted octanol–water partition coefficient (Wildman–Crippen LogP) is 4.71. The van der Waals surface area contributed by atoms with Crippen molar-refractivity contribution in [3.05, 3.63) is 21.6 Å². The largest absolute Gasteiger partial charge is 0.493 e. The summed E-state index contributed by atoms with van der Waals surface area (Å²) in [6.07, 6.45) is 2.15. The summed E-state index contributed by atoms with van der Waals surface area (Å²) in [5.74, 6) is 0.802. The molecule has 0 saturated heterocycles.